The summed E-state index contributed by atoms with van der Waals surface area (Å²) >= 11 is 6.27. The Hall–Kier alpha value is -1.02. The molecule has 0 radical (unpaired) electrons. The Morgan fingerprint density at radius 3 is 2.53 bits per heavy atom. The van der Waals surface area contributed by atoms with Gasteiger partial charge in [-0.05, 0) is 50.2 Å². The minimum absolute atomic E-state index is 0.0147. The van der Waals surface area contributed by atoms with Crippen LogP contribution in [0.15, 0.2) is 18.2 Å². The number of hydrogen-bond donors (Lipinski definition) is 0. The third kappa shape index (κ3) is 2.64. The fourth-order valence-electron chi connectivity index (χ4n) is 3.60. The number of halogens is 1. The highest BCUT2D eigenvalue weighted by Gasteiger charge is 2.35. The molecule has 0 aromatic heterocycles. The molecule has 1 aromatic carbocycles. The summed E-state index contributed by atoms with van der Waals surface area (Å²) in [6.45, 7) is 1.53. The molecular formula is C16H19ClO2. The van der Waals surface area contributed by atoms with E-state index in [0.29, 0.717) is 16.3 Å². The number of carbonyl (C=O) groups is 1. The Bertz CT molecular complexity index is 486. The topological polar surface area (TPSA) is 26.3 Å². The van der Waals surface area contributed by atoms with E-state index in [4.69, 9.17) is 16.3 Å². The normalized spacial score (nSPS) is 29.3. The van der Waals surface area contributed by atoms with Crippen molar-refractivity contribution < 1.29 is 9.53 Å². The molecule has 0 N–H and O–H groups in total. The predicted molar refractivity (Wildman–Crippen MR) is 75.9 cm³/mol. The SMILES string of the molecule is CC(=O)c1cccc(OC2C[C@H]3CC[C@@H](C2)C3)c1Cl. The lowest BCUT2D eigenvalue weighted by Gasteiger charge is -2.28. The summed E-state index contributed by atoms with van der Waals surface area (Å²) in [6.07, 6.45) is 6.62. The minimum Gasteiger partial charge on any atom is -0.489 e. The first kappa shape index (κ1) is 13.0. The fourth-order valence-corrected chi connectivity index (χ4v) is 3.90. The van der Waals surface area contributed by atoms with Crippen LogP contribution in [0.3, 0.4) is 0 Å². The van der Waals surface area contributed by atoms with Gasteiger partial charge in [0.15, 0.2) is 5.78 Å². The van der Waals surface area contributed by atoms with Gasteiger partial charge in [-0.3, -0.25) is 4.79 Å². The van der Waals surface area contributed by atoms with Crippen LogP contribution in [0.1, 0.15) is 49.4 Å². The first-order valence-electron chi connectivity index (χ1n) is 7.09. The highest BCUT2D eigenvalue weighted by Crippen LogP contribution is 2.43. The van der Waals surface area contributed by atoms with Gasteiger partial charge in [0.25, 0.3) is 0 Å². The van der Waals surface area contributed by atoms with Crippen molar-refractivity contribution in [1.29, 1.82) is 0 Å². The number of rotatable bonds is 3. The minimum atomic E-state index is -0.0147. The van der Waals surface area contributed by atoms with Crippen LogP contribution in [0.5, 0.6) is 5.75 Å². The van der Waals surface area contributed by atoms with Gasteiger partial charge in [-0.1, -0.05) is 30.5 Å². The van der Waals surface area contributed by atoms with Crippen molar-refractivity contribution in [3.8, 4) is 5.75 Å². The monoisotopic (exact) mass is 278 g/mol. The van der Waals surface area contributed by atoms with Crippen LogP contribution in [0.25, 0.3) is 0 Å². The van der Waals surface area contributed by atoms with E-state index in [2.05, 4.69) is 0 Å². The lowest BCUT2D eigenvalue weighted by Crippen LogP contribution is -2.26. The Balaban J connectivity index is 1.76. The molecule has 3 rings (SSSR count). The summed E-state index contributed by atoms with van der Waals surface area (Å²) in [5.41, 5.74) is 0.554. The Labute approximate surface area is 119 Å². The number of benzene rings is 1. The second kappa shape index (κ2) is 5.16. The van der Waals surface area contributed by atoms with Crippen molar-refractivity contribution in [3.05, 3.63) is 28.8 Å². The summed E-state index contributed by atoms with van der Waals surface area (Å²) in [5, 5.41) is 0.466. The molecule has 2 nitrogen and oxygen atoms in total. The van der Waals surface area contributed by atoms with E-state index in [1.165, 1.54) is 26.2 Å². The van der Waals surface area contributed by atoms with Gasteiger partial charge in [-0.25, -0.2) is 0 Å². The maximum atomic E-state index is 11.5. The Kier molecular flexibility index (Phi) is 3.53. The fraction of sp³-hybridized carbons (Fsp3) is 0.562. The third-order valence-electron chi connectivity index (χ3n) is 4.48. The highest BCUT2D eigenvalue weighted by atomic mass is 35.5. The molecule has 3 atom stereocenters. The quantitative estimate of drug-likeness (QED) is 0.761. The maximum Gasteiger partial charge on any atom is 0.161 e. The Morgan fingerprint density at radius 2 is 1.89 bits per heavy atom. The highest BCUT2D eigenvalue weighted by molar-refractivity contribution is 6.35. The van der Waals surface area contributed by atoms with Crippen LogP contribution in [-0.2, 0) is 0 Å². The van der Waals surface area contributed by atoms with Crippen molar-refractivity contribution in [2.45, 2.75) is 45.1 Å². The van der Waals surface area contributed by atoms with E-state index in [1.807, 2.05) is 12.1 Å². The number of carbonyl (C=O) groups excluding carboxylic acids is 1. The zero-order valence-electron chi connectivity index (χ0n) is 11.2. The van der Waals surface area contributed by atoms with Gasteiger partial charge in [0, 0.05) is 5.56 Å². The van der Waals surface area contributed by atoms with Gasteiger partial charge in [0.2, 0.25) is 0 Å². The van der Waals surface area contributed by atoms with Crippen molar-refractivity contribution in [2.24, 2.45) is 11.8 Å². The molecule has 3 heteroatoms. The largest absolute Gasteiger partial charge is 0.489 e. The number of ketones is 1. The summed E-state index contributed by atoms with van der Waals surface area (Å²) in [7, 11) is 0. The molecular weight excluding hydrogens is 260 g/mol. The number of hydrogen-bond acceptors (Lipinski definition) is 2. The molecule has 0 saturated heterocycles. The zero-order chi connectivity index (χ0) is 13.4. The van der Waals surface area contributed by atoms with E-state index in [1.54, 1.807) is 6.07 Å². The number of Topliss-reactive ketones (excluding diaryl/α,β-unsaturated/α-hetero) is 1. The van der Waals surface area contributed by atoms with Gasteiger partial charge >= 0.3 is 0 Å². The molecule has 2 saturated carbocycles. The summed E-state index contributed by atoms with van der Waals surface area (Å²) < 4.78 is 6.07. The van der Waals surface area contributed by atoms with Gasteiger partial charge in [0.05, 0.1) is 11.1 Å². The van der Waals surface area contributed by atoms with Gasteiger partial charge in [-0.2, -0.15) is 0 Å². The van der Waals surface area contributed by atoms with E-state index in [9.17, 15) is 4.79 Å². The molecule has 0 aliphatic heterocycles. The first-order chi connectivity index (χ1) is 9.13. The Morgan fingerprint density at radius 1 is 1.21 bits per heavy atom. The van der Waals surface area contributed by atoms with Crippen molar-refractivity contribution in [3.63, 3.8) is 0 Å². The van der Waals surface area contributed by atoms with Crippen LogP contribution in [-0.4, -0.2) is 11.9 Å². The second-order valence-electron chi connectivity index (χ2n) is 5.93. The average Bonchev–Trinajstić information content (AvgIpc) is 2.71. The average molecular weight is 279 g/mol. The van der Waals surface area contributed by atoms with E-state index < -0.39 is 0 Å². The molecule has 0 amide bonds. The molecule has 2 fully saturated rings. The maximum absolute atomic E-state index is 11.5. The van der Waals surface area contributed by atoms with Crippen molar-refractivity contribution in [1.82, 2.24) is 0 Å². The van der Waals surface area contributed by atoms with Crippen LogP contribution in [0.4, 0.5) is 0 Å². The predicted octanol–water partition coefficient (Wildman–Crippen LogP) is 4.50. The summed E-state index contributed by atoms with van der Waals surface area (Å²) in [5.74, 6) is 2.32. The lowest BCUT2D eigenvalue weighted by molar-refractivity contribution is 0.101. The van der Waals surface area contributed by atoms with Crippen molar-refractivity contribution >= 4 is 17.4 Å². The van der Waals surface area contributed by atoms with E-state index >= 15 is 0 Å². The molecule has 1 unspecified atom stereocenters. The number of ether oxygens (including phenoxy) is 1. The molecule has 1 aromatic rings. The first-order valence-corrected chi connectivity index (χ1v) is 7.47. The molecule has 2 aliphatic carbocycles. The van der Waals surface area contributed by atoms with Crippen LogP contribution in [0.2, 0.25) is 5.02 Å². The molecule has 2 bridgehead atoms. The smallest absolute Gasteiger partial charge is 0.161 e. The molecule has 0 heterocycles. The third-order valence-corrected chi connectivity index (χ3v) is 4.87. The standard InChI is InChI=1S/C16H19ClO2/c1-10(18)14-3-2-4-15(16(14)17)19-13-8-11-5-6-12(7-11)9-13/h2-4,11-13H,5-9H2,1H3/t11-,12+,13?. The zero-order valence-corrected chi connectivity index (χ0v) is 12.0. The van der Waals surface area contributed by atoms with Gasteiger partial charge < -0.3 is 4.74 Å². The van der Waals surface area contributed by atoms with Crippen LogP contribution < -0.4 is 4.74 Å². The second-order valence-corrected chi connectivity index (χ2v) is 6.31. The molecule has 102 valence electrons. The molecule has 0 spiro atoms. The van der Waals surface area contributed by atoms with Crippen LogP contribution in [0, 0.1) is 11.8 Å². The summed E-state index contributed by atoms with van der Waals surface area (Å²) in [6, 6.07) is 5.46. The van der Waals surface area contributed by atoms with Gasteiger partial charge in [-0.15, -0.1) is 0 Å². The van der Waals surface area contributed by atoms with E-state index in [-0.39, 0.29) is 11.9 Å². The number of fused-ring (bicyclic) bond motifs is 2. The summed E-state index contributed by atoms with van der Waals surface area (Å²) in [4.78, 5) is 11.5. The van der Waals surface area contributed by atoms with E-state index in [0.717, 1.165) is 24.7 Å². The lowest BCUT2D eigenvalue weighted by atomic mass is 9.87. The molecule has 2 aliphatic rings. The van der Waals surface area contributed by atoms with Crippen molar-refractivity contribution in [2.75, 3.05) is 0 Å². The molecule has 19 heavy (non-hydrogen) atoms. The van der Waals surface area contributed by atoms with Gasteiger partial charge in [0.1, 0.15) is 5.75 Å². The van der Waals surface area contributed by atoms with Crippen LogP contribution >= 0.6 is 11.6 Å².